The molecular formula is C23H28FN5. The summed E-state index contributed by atoms with van der Waals surface area (Å²) >= 11 is 0. The van der Waals surface area contributed by atoms with Gasteiger partial charge in [-0.3, -0.25) is 4.90 Å². The van der Waals surface area contributed by atoms with Gasteiger partial charge in [0.25, 0.3) is 0 Å². The van der Waals surface area contributed by atoms with Gasteiger partial charge in [0.2, 0.25) is 0 Å². The topological polar surface area (TPSA) is 36.3 Å². The van der Waals surface area contributed by atoms with Crippen molar-refractivity contribution in [1.29, 1.82) is 0 Å². The Balaban J connectivity index is 1.42. The summed E-state index contributed by atoms with van der Waals surface area (Å²) in [7, 11) is 0. The Hall–Kier alpha value is -2.86. The Morgan fingerprint density at radius 2 is 1.86 bits per heavy atom. The lowest BCUT2D eigenvalue weighted by atomic mass is 10.1. The van der Waals surface area contributed by atoms with Crippen LogP contribution in [0.4, 0.5) is 15.8 Å². The molecule has 1 N–H and O–H groups in total. The van der Waals surface area contributed by atoms with Crippen LogP contribution in [0.15, 0.2) is 61.2 Å². The average Bonchev–Trinajstić information content (AvgIpc) is 3.28. The largest absolute Gasteiger partial charge is 0.381 e. The number of hydrogen-bond donors (Lipinski definition) is 1. The second-order valence-corrected chi connectivity index (χ2v) is 7.45. The third-order valence-electron chi connectivity index (χ3n) is 5.46. The quantitative estimate of drug-likeness (QED) is 0.654. The molecule has 3 aromatic rings. The van der Waals surface area contributed by atoms with Crippen LogP contribution in [0, 0.1) is 5.82 Å². The molecule has 29 heavy (non-hydrogen) atoms. The summed E-state index contributed by atoms with van der Waals surface area (Å²) < 4.78 is 16.2. The first-order chi connectivity index (χ1) is 14.2. The molecule has 1 saturated heterocycles. The first kappa shape index (κ1) is 19.5. The van der Waals surface area contributed by atoms with Gasteiger partial charge in [0.15, 0.2) is 0 Å². The first-order valence-electron chi connectivity index (χ1n) is 10.3. The molecule has 0 aliphatic carbocycles. The molecular weight excluding hydrogens is 365 g/mol. The molecule has 152 valence electrons. The molecule has 0 radical (unpaired) electrons. The number of halogens is 1. The minimum absolute atomic E-state index is 0.270. The van der Waals surface area contributed by atoms with Gasteiger partial charge in [-0.1, -0.05) is 25.1 Å². The Bertz CT molecular complexity index is 917. The van der Waals surface area contributed by atoms with Gasteiger partial charge >= 0.3 is 0 Å². The normalized spacial score (nSPS) is 14.9. The van der Waals surface area contributed by atoms with Crippen LogP contribution in [0.1, 0.15) is 18.9 Å². The van der Waals surface area contributed by atoms with Crippen LogP contribution >= 0.6 is 0 Å². The maximum Gasteiger partial charge on any atom is 0.149 e. The van der Waals surface area contributed by atoms with Gasteiger partial charge in [-0.15, -0.1) is 0 Å². The van der Waals surface area contributed by atoms with E-state index in [4.69, 9.17) is 0 Å². The summed E-state index contributed by atoms with van der Waals surface area (Å²) in [6, 6.07) is 13.7. The van der Waals surface area contributed by atoms with Crippen LogP contribution in [0.25, 0.3) is 5.69 Å². The van der Waals surface area contributed by atoms with Crippen molar-refractivity contribution in [3.8, 4) is 5.69 Å². The monoisotopic (exact) mass is 393 g/mol. The second kappa shape index (κ2) is 9.09. The highest BCUT2D eigenvalue weighted by molar-refractivity contribution is 5.56. The van der Waals surface area contributed by atoms with Crippen molar-refractivity contribution in [3.05, 3.63) is 72.6 Å². The van der Waals surface area contributed by atoms with Crippen molar-refractivity contribution in [1.82, 2.24) is 14.5 Å². The number of imidazole rings is 1. The maximum atomic E-state index is 14.5. The predicted molar refractivity (Wildman–Crippen MR) is 116 cm³/mol. The maximum absolute atomic E-state index is 14.5. The number of benzene rings is 2. The molecule has 0 atom stereocenters. The van der Waals surface area contributed by atoms with E-state index in [1.54, 1.807) is 35.4 Å². The molecule has 4 rings (SSSR count). The van der Waals surface area contributed by atoms with Crippen LogP contribution in [0.2, 0.25) is 0 Å². The molecule has 1 fully saturated rings. The van der Waals surface area contributed by atoms with Crippen LogP contribution in [0.5, 0.6) is 0 Å². The van der Waals surface area contributed by atoms with Crippen molar-refractivity contribution in [2.45, 2.75) is 19.9 Å². The SMILES string of the molecule is CCCN1CCN(c2ccccc2CNc2ccc(-n3ccnc3)c(F)c2)CC1. The van der Waals surface area contributed by atoms with Crippen molar-refractivity contribution in [3.63, 3.8) is 0 Å². The number of nitrogens with zero attached hydrogens (tertiary/aromatic N) is 4. The summed E-state index contributed by atoms with van der Waals surface area (Å²) in [4.78, 5) is 8.97. The standard InChI is InChI=1S/C23H28FN5/c1-2-10-27-12-14-28(15-13-27)22-6-4-3-5-19(22)17-26-20-7-8-23(21(24)16-20)29-11-9-25-18-29/h3-9,11,16,18,26H,2,10,12-15,17H2,1H3. The number of aromatic nitrogens is 2. The van der Waals surface area contributed by atoms with E-state index < -0.39 is 0 Å². The average molecular weight is 394 g/mol. The van der Waals surface area contributed by atoms with Crippen molar-refractivity contribution in [2.24, 2.45) is 0 Å². The zero-order chi connectivity index (χ0) is 20.1. The molecule has 0 bridgehead atoms. The molecule has 2 aromatic carbocycles. The highest BCUT2D eigenvalue weighted by Gasteiger charge is 2.18. The fourth-order valence-corrected chi connectivity index (χ4v) is 3.92. The fourth-order valence-electron chi connectivity index (χ4n) is 3.92. The summed E-state index contributed by atoms with van der Waals surface area (Å²) in [5.41, 5.74) is 3.77. The van der Waals surface area contributed by atoms with Gasteiger partial charge in [0.05, 0.1) is 12.0 Å². The van der Waals surface area contributed by atoms with Crippen molar-refractivity contribution in [2.75, 3.05) is 42.9 Å². The van der Waals surface area contributed by atoms with Gasteiger partial charge in [-0.2, -0.15) is 0 Å². The highest BCUT2D eigenvalue weighted by atomic mass is 19.1. The van der Waals surface area contributed by atoms with E-state index in [-0.39, 0.29) is 5.82 Å². The third-order valence-corrected chi connectivity index (χ3v) is 5.46. The number of piperazine rings is 1. The molecule has 0 saturated carbocycles. The van der Waals surface area contributed by atoms with Gasteiger partial charge in [-0.25, -0.2) is 9.37 Å². The highest BCUT2D eigenvalue weighted by Crippen LogP contribution is 2.24. The van der Waals surface area contributed by atoms with E-state index in [9.17, 15) is 4.39 Å². The number of hydrogen-bond acceptors (Lipinski definition) is 4. The fraction of sp³-hybridized carbons (Fsp3) is 0.348. The summed E-state index contributed by atoms with van der Waals surface area (Å²) in [6.45, 7) is 8.38. The molecule has 0 amide bonds. The van der Waals surface area contributed by atoms with E-state index in [2.05, 4.69) is 51.3 Å². The summed E-state index contributed by atoms with van der Waals surface area (Å²) in [5, 5.41) is 3.38. The summed E-state index contributed by atoms with van der Waals surface area (Å²) in [5.74, 6) is -0.270. The van der Waals surface area contributed by atoms with Crippen molar-refractivity contribution < 1.29 is 4.39 Å². The predicted octanol–water partition coefficient (Wildman–Crippen LogP) is 4.16. The van der Waals surface area contributed by atoms with Crippen LogP contribution < -0.4 is 10.2 Å². The molecule has 1 aliphatic rings. The van der Waals surface area contributed by atoms with E-state index in [1.165, 1.54) is 24.2 Å². The Labute approximate surface area is 171 Å². The lowest BCUT2D eigenvalue weighted by molar-refractivity contribution is 0.258. The Kier molecular flexibility index (Phi) is 6.10. The molecule has 0 unspecified atom stereocenters. The summed E-state index contributed by atoms with van der Waals surface area (Å²) in [6.07, 6.45) is 6.19. The van der Waals surface area contributed by atoms with Gasteiger partial charge in [0, 0.05) is 56.5 Å². The zero-order valence-corrected chi connectivity index (χ0v) is 16.9. The Morgan fingerprint density at radius 1 is 1.03 bits per heavy atom. The van der Waals surface area contributed by atoms with E-state index in [0.29, 0.717) is 12.2 Å². The molecule has 1 aromatic heterocycles. The number of nitrogens with one attached hydrogen (secondary N) is 1. The van der Waals surface area contributed by atoms with Crippen molar-refractivity contribution >= 4 is 11.4 Å². The van der Waals surface area contributed by atoms with Gasteiger partial charge < -0.3 is 14.8 Å². The molecule has 1 aliphatic heterocycles. The number of rotatable bonds is 7. The molecule has 0 spiro atoms. The van der Waals surface area contributed by atoms with E-state index >= 15 is 0 Å². The Morgan fingerprint density at radius 3 is 2.59 bits per heavy atom. The van der Waals surface area contributed by atoms with Crippen LogP contribution in [0.3, 0.4) is 0 Å². The third kappa shape index (κ3) is 4.59. The molecule has 5 nitrogen and oxygen atoms in total. The lowest BCUT2D eigenvalue weighted by Crippen LogP contribution is -2.46. The van der Waals surface area contributed by atoms with Gasteiger partial charge in [-0.05, 0) is 42.8 Å². The number of anilines is 2. The number of para-hydroxylation sites is 1. The molecule has 2 heterocycles. The molecule has 6 heteroatoms. The second-order valence-electron chi connectivity index (χ2n) is 7.45. The van der Waals surface area contributed by atoms with E-state index in [0.717, 1.165) is 31.9 Å². The first-order valence-corrected chi connectivity index (χ1v) is 10.3. The smallest absolute Gasteiger partial charge is 0.149 e. The van der Waals surface area contributed by atoms with Crippen LogP contribution in [-0.4, -0.2) is 47.2 Å². The van der Waals surface area contributed by atoms with Crippen LogP contribution in [-0.2, 0) is 6.54 Å². The van der Waals surface area contributed by atoms with Gasteiger partial charge in [0.1, 0.15) is 5.82 Å². The minimum atomic E-state index is -0.270. The zero-order valence-electron chi connectivity index (χ0n) is 16.9. The van der Waals surface area contributed by atoms with E-state index in [1.807, 2.05) is 6.07 Å². The minimum Gasteiger partial charge on any atom is -0.381 e. The lowest BCUT2D eigenvalue weighted by Gasteiger charge is -2.37.